The fourth-order valence-electron chi connectivity index (χ4n) is 3.25. The molecule has 0 bridgehead atoms. The monoisotopic (exact) mass is 535 g/mol. The molecular formula is C27H26BrN3O4. The zero-order chi connectivity index (χ0) is 25.8. The maximum absolute atomic E-state index is 13.1. The predicted molar refractivity (Wildman–Crippen MR) is 141 cm³/mol. The molecule has 2 N–H and O–H groups in total. The first-order valence-electron chi connectivity index (χ1n) is 10.9. The van der Waals surface area contributed by atoms with Gasteiger partial charge in [0.05, 0.1) is 4.92 Å². The van der Waals surface area contributed by atoms with E-state index < -0.39 is 16.7 Å². The van der Waals surface area contributed by atoms with Crippen LogP contribution in [0.5, 0.6) is 0 Å². The van der Waals surface area contributed by atoms with Crippen LogP contribution >= 0.6 is 15.9 Å². The lowest BCUT2D eigenvalue weighted by molar-refractivity contribution is -0.384. The van der Waals surface area contributed by atoms with Gasteiger partial charge >= 0.3 is 0 Å². The van der Waals surface area contributed by atoms with E-state index in [9.17, 15) is 19.7 Å². The molecule has 7 nitrogen and oxygen atoms in total. The number of benzene rings is 3. The number of nitro benzene ring substituents is 1. The Morgan fingerprint density at radius 3 is 2.14 bits per heavy atom. The number of nitro groups is 1. The van der Waals surface area contributed by atoms with Crippen molar-refractivity contribution in [3.63, 3.8) is 0 Å². The molecule has 35 heavy (non-hydrogen) atoms. The number of amides is 2. The normalized spacial score (nSPS) is 11.6. The molecule has 0 fully saturated rings. The molecule has 0 unspecified atom stereocenters. The van der Waals surface area contributed by atoms with Crippen molar-refractivity contribution in [3.05, 3.63) is 109 Å². The molecule has 0 heterocycles. The number of anilines is 1. The van der Waals surface area contributed by atoms with Crippen molar-refractivity contribution in [3.8, 4) is 0 Å². The lowest BCUT2D eigenvalue weighted by Gasteiger charge is -2.19. The van der Waals surface area contributed by atoms with Crippen molar-refractivity contribution >= 4 is 45.2 Å². The maximum Gasteiger partial charge on any atom is 0.272 e. The Morgan fingerprint density at radius 1 is 0.971 bits per heavy atom. The fraction of sp³-hybridized carbons (Fsp3) is 0.185. The summed E-state index contributed by atoms with van der Waals surface area (Å²) < 4.78 is 0.907. The van der Waals surface area contributed by atoms with Crippen LogP contribution in [0, 0.1) is 17.0 Å². The zero-order valence-electron chi connectivity index (χ0n) is 19.9. The molecule has 0 atom stereocenters. The Labute approximate surface area is 212 Å². The summed E-state index contributed by atoms with van der Waals surface area (Å²) in [5.74, 6) is -0.967. The van der Waals surface area contributed by atoms with E-state index in [2.05, 4.69) is 47.3 Å². The highest BCUT2D eigenvalue weighted by molar-refractivity contribution is 9.10. The number of non-ortho nitro benzene ring substituents is 1. The quantitative estimate of drug-likeness (QED) is 0.217. The summed E-state index contributed by atoms with van der Waals surface area (Å²) in [7, 11) is 0. The minimum absolute atomic E-state index is 0.00400. The van der Waals surface area contributed by atoms with Gasteiger partial charge in [0.1, 0.15) is 5.70 Å². The third-order valence-electron chi connectivity index (χ3n) is 5.34. The van der Waals surface area contributed by atoms with Gasteiger partial charge in [0.25, 0.3) is 17.5 Å². The van der Waals surface area contributed by atoms with E-state index in [0.717, 1.165) is 15.6 Å². The molecule has 0 saturated heterocycles. The third kappa shape index (κ3) is 6.86. The zero-order valence-corrected chi connectivity index (χ0v) is 21.5. The first kappa shape index (κ1) is 25.8. The summed E-state index contributed by atoms with van der Waals surface area (Å²) in [5.41, 5.74) is 3.39. The second-order valence-electron chi connectivity index (χ2n) is 9.11. The summed E-state index contributed by atoms with van der Waals surface area (Å²) in [6.45, 7) is 8.15. The molecule has 0 saturated carbocycles. The van der Waals surface area contributed by atoms with Crippen LogP contribution in [0.15, 0.2) is 76.9 Å². The number of carbonyl (C=O) groups is 2. The van der Waals surface area contributed by atoms with Gasteiger partial charge < -0.3 is 10.6 Å². The van der Waals surface area contributed by atoms with E-state index in [1.807, 2.05) is 25.1 Å². The second-order valence-corrected chi connectivity index (χ2v) is 9.96. The highest BCUT2D eigenvalue weighted by Crippen LogP contribution is 2.23. The molecule has 3 aromatic rings. The largest absolute Gasteiger partial charge is 0.321 e. The Bertz CT molecular complexity index is 1290. The number of nitrogens with one attached hydrogen (secondary N) is 2. The number of nitrogens with zero attached hydrogens (tertiary/aromatic N) is 1. The molecule has 0 spiro atoms. The molecule has 0 radical (unpaired) electrons. The van der Waals surface area contributed by atoms with Crippen molar-refractivity contribution in [2.75, 3.05) is 5.32 Å². The van der Waals surface area contributed by atoms with Crippen LogP contribution in [0.1, 0.15) is 47.8 Å². The van der Waals surface area contributed by atoms with Crippen LogP contribution in [0.4, 0.5) is 11.4 Å². The topological polar surface area (TPSA) is 101 Å². The van der Waals surface area contributed by atoms with Crippen LogP contribution < -0.4 is 10.6 Å². The lowest BCUT2D eigenvalue weighted by Crippen LogP contribution is -2.30. The number of rotatable bonds is 6. The van der Waals surface area contributed by atoms with Crippen molar-refractivity contribution in [1.29, 1.82) is 0 Å². The van der Waals surface area contributed by atoms with Crippen LogP contribution in [-0.2, 0) is 10.2 Å². The highest BCUT2D eigenvalue weighted by atomic mass is 79.9. The molecule has 0 aromatic heterocycles. The SMILES string of the molecule is Cc1cc(NC(=O)C(=Cc2ccc([N+](=O)[O-])cc2)NC(=O)c2ccc(C(C)(C)C)cc2)ccc1Br. The van der Waals surface area contributed by atoms with Gasteiger partial charge in [-0.3, -0.25) is 19.7 Å². The summed E-state index contributed by atoms with van der Waals surface area (Å²) in [6, 6.07) is 18.3. The number of hydrogen-bond donors (Lipinski definition) is 2. The molecule has 3 rings (SSSR count). The number of hydrogen-bond acceptors (Lipinski definition) is 4. The highest BCUT2D eigenvalue weighted by Gasteiger charge is 2.18. The first-order valence-corrected chi connectivity index (χ1v) is 11.7. The van der Waals surface area contributed by atoms with Gasteiger partial charge in [-0.1, -0.05) is 48.8 Å². The fourth-order valence-corrected chi connectivity index (χ4v) is 3.50. The van der Waals surface area contributed by atoms with Gasteiger partial charge in [-0.2, -0.15) is 0 Å². The summed E-state index contributed by atoms with van der Waals surface area (Å²) in [4.78, 5) is 36.6. The van der Waals surface area contributed by atoms with E-state index in [1.54, 1.807) is 24.3 Å². The molecule has 2 amide bonds. The van der Waals surface area contributed by atoms with E-state index in [4.69, 9.17) is 0 Å². The van der Waals surface area contributed by atoms with E-state index in [-0.39, 0.29) is 16.8 Å². The van der Waals surface area contributed by atoms with E-state index in [0.29, 0.717) is 16.8 Å². The number of carbonyl (C=O) groups excluding carboxylic acids is 2. The van der Waals surface area contributed by atoms with Crippen LogP contribution in [0.2, 0.25) is 0 Å². The Balaban J connectivity index is 1.90. The van der Waals surface area contributed by atoms with Crippen molar-refractivity contribution < 1.29 is 14.5 Å². The van der Waals surface area contributed by atoms with Gasteiger partial charge in [-0.25, -0.2) is 0 Å². The van der Waals surface area contributed by atoms with Crippen molar-refractivity contribution in [2.24, 2.45) is 0 Å². The van der Waals surface area contributed by atoms with Gasteiger partial charge in [0.15, 0.2) is 0 Å². The average molecular weight is 536 g/mol. The average Bonchev–Trinajstić information content (AvgIpc) is 2.80. The molecule has 3 aromatic carbocycles. The minimum atomic E-state index is -0.523. The standard InChI is InChI=1S/C27H26BrN3O4/c1-17-15-21(11-14-23(17)28)29-26(33)24(16-18-5-12-22(13-6-18)31(34)35)30-25(32)19-7-9-20(10-8-19)27(2,3)4/h5-16H,1-4H3,(H,29,33)(H,30,32). The summed E-state index contributed by atoms with van der Waals surface area (Å²) in [5, 5.41) is 16.4. The van der Waals surface area contributed by atoms with Gasteiger partial charge in [0.2, 0.25) is 0 Å². The number of halogens is 1. The molecule has 0 aliphatic heterocycles. The van der Waals surface area contributed by atoms with Gasteiger partial charge in [0, 0.05) is 27.9 Å². The molecule has 0 aliphatic carbocycles. The van der Waals surface area contributed by atoms with Crippen molar-refractivity contribution in [2.45, 2.75) is 33.1 Å². The smallest absolute Gasteiger partial charge is 0.272 e. The Hall–Kier alpha value is -3.78. The molecule has 8 heteroatoms. The first-order chi connectivity index (χ1) is 16.4. The van der Waals surface area contributed by atoms with Crippen LogP contribution in [0.25, 0.3) is 6.08 Å². The minimum Gasteiger partial charge on any atom is -0.321 e. The van der Waals surface area contributed by atoms with Crippen LogP contribution in [0.3, 0.4) is 0 Å². The van der Waals surface area contributed by atoms with Gasteiger partial charge in [-0.15, -0.1) is 0 Å². The van der Waals surface area contributed by atoms with E-state index >= 15 is 0 Å². The third-order valence-corrected chi connectivity index (χ3v) is 6.23. The lowest BCUT2D eigenvalue weighted by atomic mass is 9.87. The summed E-state index contributed by atoms with van der Waals surface area (Å²) in [6.07, 6.45) is 1.48. The van der Waals surface area contributed by atoms with Gasteiger partial charge in [-0.05, 0) is 77.6 Å². The molecule has 180 valence electrons. The Morgan fingerprint density at radius 2 is 1.60 bits per heavy atom. The predicted octanol–water partition coefficient (Wildman–Crippen LogP) is 6.37. The van der Waals surface area contributed by atoms with Crippen molar-refractivity contribution in [1.82, 2.24) is 5.32 Å². The molecular weight excluding hydrogens is 510 g/mol. The number of aryl methyl sites for hydroxylation is 1. The van der Waals surface area contributed by atoms with Crippen LogP contribution in [-0.4, -0.2) is 16.7 Å². The second kappa shape index (κ2) is 10.7. The molecule has 0 aliphatic rings. The maximum atomic E-state index is 13.1. The Kier molecular flexibility index (Phi) is 7.86. The summed E-state index contributed by atoms with van der Waals surface area (Å²) >= 11 is 3.43. The van der Waals surface area contributed by atoms with E-state index in [1.165, 1.54) is 30.3 Å².